The minimum absolute atomic E-state index is 0.134. The lowest BCUT2D eigenvalue weighted by Gasteiger charge is -2.28. The Bertz CT molecular complexity index is 640. The summed E-state index contributed by atoms with van der Waals surface area (Å²) in [6, 6.07) is 15.8. The Labute approximate surface area is 117 Å². The molecule has 0 spiro atoms. The molecule has 1 unspecified atom stereocenters. The molecule has 0 aliphatic carbocycles. The number of benzene rings is 2. The van der Waals surface area contributed by atoms with E-state index < -0.39 is 0 Å². The first kappa shape index (κ1) is 12.5. The van der Waals surface area contributed by atoms with Crippen molar-refractivity contribution in [3.63, 3.8) is 0 Å². The van der Waals surface area contributed by atoms with E-state index in [1.54, 1.807) is 6.07 Å². The van der Waals surface area contributed by atoms with E-state index in [2.05, 4.69) is 10.6 Å². The number of fused-ring (bicyclic) bond motifs is 1. The van der Waals surface area contributed by atoms with Gasteiger partial charge in [0, 0.05) is 6.54 Å². The third-order valence-corrected chi connectivity index (χ3v) is 3.46. The lowest BCUT2D eigenvalue weighted by molar-refractivity contribution is 0.0600. The van der Waals surface area contributed by atoms with Gasteiger partial charge in [-0.3, -0.25) is 0 Å². The number of esters is 1. The smallest absolute Gasteiger partial charge is 0.337 e. The minimum Gasteiger partial charge on any atom is -0.465 e. The van der Waals surface area contributed by atoms with Gasteiger partial charge in [-0.2, -0.15) is 0 Å². The third kappa shape index (κ3) is 2.32. The molecule has 1 aliphatic heterocycles. The summed E-state index contributed by atoms with van der Waals surface area (Å²) in [5, 5.41) is 6.88. The highest BCUT2D eigenvalue weighted by Crippen LogP contribution is 2.31. The molecule has 3 rings (SSSR count). The summed E-state index contributed by atoms with van der Waals surface area (Å²) in [6.45, 7) is 0.779. The van der Waals surface area contributed by atoms with E-state index >= 15 is 0 Å². The zero-order valence-corrected chi connectivity index (χ0v) is 11.2. The number of nitrogens with one attached hydrogen (secondary N) is 2. The predicted octanol–water partition coefficient (Wildman–Crippen LogP) is 3.05. The first-order valence-electron chi connectivity index (χ1n) is 6.55. The summed E-state index contributed by atoms with van der Waals surface area (Å²) in [6.07, 6.45) is 0. The Morgan fingerprint density at radius 1 is 1.15 bits per heavy atom. The van der Waals surface area contributed by atoms with Gasteiger partial charge in [-0.05, 0) is 29.8 Å². The average Bonchev–Trinajstić information content (AvgIpc) is 2.53. The number of hydrogen-bond acceptors (Lipinski definition) is 4. The summed E-state index contributed by atoms with van der Waals surface area (Å²) in [4.78, 5) is 11.6. The molecule has 2 aromatic rings. The molecule has 1 aliphatic rings. The Morgan fingerprint density at radius 3 is 2.75 bits per heavy atom. The summed E-state index contributed by atoms with van der Waals surface area (Å²) in [5.74, 6) is -0.309. The minimum atomic E-state index is -0.309. The number of carbonyl (C=O) groups excluding carboxylic acids is 1. The molecule has 2 N–H and O–H groups in total. The van der Waals surface area contributed by atoms with E-state index in [9.17, 15) is 4.79 Å². The maximum atomic E-state index is 11.6. The first-order chi connectivity index (χ1) is 9.78. The summed E-state index contributed by atoms with van der Waals surface area (Å²) in [7, 11) is 1.39. The molecule has 0 radical (unpaired) electrons. The highest BCUT2D eigenvalue weighted by molar-refractivity contribution is 5.89. The molecule has 0 amide bonds. The number of anilines is 2. The second kappa shape index (κ2) is 5.25. The van der Waals surface area contributed by atoms with Gasteiger partial charge in [-0.1, -0.05) is 24.3 Å². The van der Waals surface area contributed by atoms with Crippen LogP contribution in [0.15, 0.2) is 48.5 Å². The molecular weight excluding hydrogens is 252 g/mol. The van der Waals surface area contributed by atoms with Gasteiger partial charge in [-0.15, -0.1) is 0 Å². The maximum absolute atomic E-state index is 11.6. The number of hydrogen-bond donors (Lipinski definition) is 2. The molecule has 20 heavy (non-hydrogen) atoms. The van der Waals surface area contributed by atoms with Crippen molar-refractivity contribution in [2.24, 2.45) is 0 Å². The fourth-order valence-electron chi connectivity index (χ4n) is 2.42. The molecule has 4 nitrogen and oxygen atoms in total. The van der Waals surface area contributed by atoms with Gasteiger partial charge in [0.05, 0.1) is 30.1 Å². The molecular formula is C16H16N2O2. The Balaban J connectivity index is 1.86. The quantitative estimate of drug-likeness (QED) is 0.822. The lowest BCUT2D eigenvalue weighted by Crippen LogP contribution is -2.25. The molecule has 0 saturated carbocycles. The zero-order chi connectivity index (χ0) is 13.9. The Morgan fingerprint density at radius 2 is 1.95 bits per heavy atom. The topological polar surface area (TPSA) is 50.4 Å². The van der Waals surface area contributed by atoms with Crippen molar-refractivity contribution >= 4 is 17.3 Å². The van der Waals surface area contributed by atoms with Crippen LogP contribution >= 0.6 is 0 Å². The summed E-state index contributed by atoms with van der Waals surface area (Å²) in [5.41, 5.74) is 3.82. The van der Waals surface area contributed by atoms with Crippen LogP contribution < -0.4 is 10.6 Å². The van der Waals surface area contributed by atoms with E-state index in [0.29, 0.717) is 5.56 Å². The third-order valence-electron chi connectivity index (χ3n) is 3.46. The van der Waals surface area contributed by atoms with Crippen molar-refractivity contribution in [1.29, 1.82) is 0 Å². The van der Waals surface area contributed by atoms with Crippen LogP contribution in [0.25, 0.3) is 0 Å². The van der Waals surface area contributed by atoms with Crippen molar-refractivity contribution in [2.45, 2.75) is 6.04 Å². The van der Waals surface area contributed by atoms with Crippen molar-refractivity contribution in [1.82, 2.24) is 0 Å². The van der Waals surface area contributed by atoms with Crippen LogP contribution in [0.4, 0.5) is 11.4 Å². The number of para-hydroxylation sites is 2. The molecule has 102 valence electrons. The molecule has 0 saturated heterocycles. The van der Waals surface area contributed by atoms with Crippen LogP contribution in [0.5, 0.6) is 0 Å². The van der Waals surface area contributed by atoms with Gasteiger partial charge in [-0.25, -0.2) is 4.79 Å². The number of rotatable bonds is 2. The van der Waals surface area contributed by atoms with Gasteiger partial charge in [0.25, 0.3) is 0 Å². The maximum Gasteiger partial charge on any atom is 0.337 e. The normalized spacial score (nSPS) is 16.6. The van der Waals surface area contributed by atoms with Gasteiger partial charge >= 0.3 is 5.97 Å². The zero-order valence-electron chi connectivity index (χ0n) is 11.2. The van der Waals surface area contributed by atoms with Crippen LogP contribution in [0.1, 0.15) is 22.0 Å². The highest BCUT2D eigenvalue weighted by Gasteiger charge is 2.19. The highest BCUT2D eigenvalue weighted by atomic mass is 16.5. The van der Waals surface area contributed by atoms with E-state index in [4.69, 9.17) is 4.74 Å². The SMILES string of the molecule is COC(=O)c1cccc(C2CNc3ccccc3N2)c1. The molecule has 0 bridgehead atoms. The van der Waals surface area contributed by atoms with Crippen molar-refractivity contribution in [2.75, 3.05) is 24.3 Å². The van der Waals surface area contributed by atoms with Gasteiger partial charge in [0.15, 0.2) is 0 Å². The Hall–Kier alpha value is -2.49. The first-order valence-corrected chi connectivity index (χ1v) is 6.55. The Kier molecular flexibility index (Phi) is 3.29. The largest absolute Gasteiger partial charge is 0.465 e. The molecule has 0 aromatic heterocycles. The number of ether oxygens (including phenoxy) is 1. The van der Waals surface area contributed by atoms with Crippen LogP contribution in [-0.2, 0) is 4.74 Å². The monoisotopic (exact) mass is 268 g/mol. The van der Waals surface area contributed by atoms with Crippen LogP contribution in [0, 0.1) is 0 Å². The second-order valence-electron chi connectivity index (χ2n) is 4.74. The van der Waals surface area contributed by atoms with Gasteiger partial charge < -0.3 is 15.4 Å². The van der Waals surface area contributed by atoms with E-state index in [1.807, 2.05) is 42.5 Å². The molecule has 1 heterocycles. The fourth-order valence-corrected chi connectivity index (χ4v) is 2.42. The van der Waals surface area contributed by atoms with Crippen LogP contribution in [0.3, 0.4) is 0 Å². The van der Waals surface area contributed by atoms with Gasteiger partial charge in [0.2, 0.25) is 0 Å². The lowest BCUT2D eigenvalue weighted by atomic mass is 10.0. The number of methoxy groups -OCH3 is 1. The van der Waals surface area contributed by atoms with Crippen molar-refractivity contribution in [3.05, 3.63) is 59.7 Å². The summed E-state index contributed by atoms with van der Waals surface area (Å²) < 4.78 is 4.76. The molecule has 4 heteroatoms. The predicted molar refractivity (Wildman–Crippen MR) is 79.1 cm³/mol. The van der Waals surface area contributed by atoms with Crippen molar-refractivity contribution < 1.29 is 9.53 Å². The van der Waals surface area contributed by atoms with Gasteiger partial charge in [0.1, 0.15) is 0 Å². The second-order valence-corrected chi connectivity index (χ2v) is 4.74. The van der Waals surface area contributed by atoms with Crippen LogP contribution in [0.2, 0.25) is 0 Å². The number of carbonyl (C=O) groups is 1. The molecule has 0 fully saturated rings. The van der Waals surface area contributed by atoms with Crippen LogP contribution in [-0.4, -0.2) is 19.6 Å². The van der Waals surface area contributed by atoms with Crippen molar-refractivity contribution in [3.8, 4) is 0 Å². The molecule has 2 aromatic carbocycles. The fraction of sp³-hybridized carbons (Fsp3) is 0.188. The average molecular weight is 268 g/mol. The van der Waals surface area contributed by atoms with E-state index in [0.717, 1.165) is 23.5 Å². The standard InChI is InChI=1S/C16H16N2O2/c1-20-16(19)12-6-4-5-11(9-12)15-10-17-13-7-2-3-8-14(13)18-15/h2-9,15,17-18H,10H2,1H3. The van der Waals surface area contributed by atoms with E-state index in [1.165, 1.54) is 7.11 Å². The summed E-state index contributed by atoms with van der Waals surface area (Å²) >= 11 is 0. The molecule has 1 atom stereocenters. The van der Waals surface area contributed by atoms with E-state index in [-0.39, 0.29) is 12.0 Å².